The lowest BCUT2D eigenvalue weighted by atomic mass is 9.64. The summed E-state index contributed by atoms with van der Waals surface area (Å²) >= 11 is 0. The molecule has 2 rings (SSSR count). The number of piperidine rings is 2. The molecule has 1 spiro atoms. The number of carboxylic acid groups (broad SMARTS) is 1. The summed E-state index contributed by atoms with van der Waals surface area (Å²) in [6, 6.07) is 0. The van der Waals surface area contributed by atoms with E-state index in [0.29, 0.717) is 6.54 Å². The number of ether oxygens (including phenoxy) is 1. The Bertz CT molecular complexity index is 356. The SMILES string of the molecule is COCCN1CCC2(CC1)CCN(CCC(=O)O)C[C@@H]2CO. The number of carboxylic acids is 1. The normalized spacial score (nSPS) is 26.4. The average Bonchev–Trinajstić information content (AvgIpc) is 2.53. The summed E-state index contributed by atoms with van der Waals surface area (Å²) in [5, 5.41) is 18.7. The zero-order valence-corrected chi connectivity index (χ0v) is 13.7. The Morgan fingerprint density at radius 3 is 2.36 bits per heavy atom. The molecule has 128 valence electrons. The van der Waals surface area contributed by atoms with E-state index in [2.05, 4.69) is 9.80 Å². The number of carbonyl (C=O) groups is 1. The Morgan fingerprint density at radius 2 is 1.82 bits per heavy atom. The van der Waals surface area contributed by atoms with Gasteiger partial charge in [-0.15, -0.1) is 0 Å². The number of aliphatic hydroxyl groups is 1. The standard InChI is InChI=1S/C16H30N2O4/c1-22-11-10-17-7-3-16(4-8-17)5-9-18(6-2-15(20)21)12-14(16)13-19/h14,19H,2-13H2,1H3,(H,20,21)/t14-/m1/s1. The van der Waals surface area contributed by atoms with Gasteiger partial charge >= 0.3 is 5.97 Å². The topological polar surface area (TPSA) is 73.2 Å². The molecule has 0 bridgehead atoms. The number of likely N-dealkylation sites (tertiary alicyclic amines) is 2. The van der Waals surface area contributed by atoms with Crippen LogP contribution in [-0.4, -0.2) is 85.6 Å². The molecule has 6 heteroatoms. The third-order valence-electron chi connectivity index (χ3n) is 5.60. The lowest BCUT2D eigenvalue weighted by molar-refractivity contribution is -0.137. The van der Waals surface area contributed by atoms with Crippen molar-refractivity contribution in [2.75, 3.05) is 59.6 Å². The number of nitrogens with zero attached hydrogens (tertiary/aromatic N) is 2. The maximum atomic E-state index is 10.7. The molecule has 0 radical (unpaired) electrons. The maximum Gasteiger partial charge on any atom is 0.304 e. The third kappa shape index (κ3) is 4.41. The Labute approximate surface area is 133 Å². The minimum atomic E-state index is -0.743. The highest BCUT2D eigenvalue weighted by molar-refractivity contribution is 5.66. The van der Waals surface area contributed by atoms with Crippen molar-refractivity contribution in [3.8, 4) is 0 Å². The summed E-state index contributed by atoms with van der Waals surface area (Å²) in [6.07, 6.45) is 3.54. The molecule has 2 aliphatic rings. The Kier molecular flexibility index (Phi) is 6.62. The molecule has 0 aromatic carbocycles. The molecule has 1 atom stereocenters. The summed E-state index contributed by atoms with van der Waals surface area (Å²) in [6.45, 7) is 6.53. The Balaban J connectivity index is 1.85. The van der Waals surface area contributed by atoms with Crippen LogP contribution in [0.5, 0.6) is 0 Å². The number of aliphatic hydroxyl groups excluding tert-OH is 1. The van der Waals surface area contributed by atoms with Crippen LogP contribution in [0.25, 0.3) is 0 Å². The quantitative estimate of drug-likeness (QED) is 0.713. The van der Waals surface area contributed by atoms with Crippen LogP contribution in [0.2, 0.25) is 0 Å². The molecule has 0 unspecified atom stereocenters. The van der Waals surface area contributed by atoms with Crippen LogP contribution in [-0.2, 0) is 9.53 Å². The zero-order valence-electron chi connectivity index (χ0n) is 13.7. The molecule has 0 saturated carbocycles. The van der Waals surface area contributed by atoms with Crippen molar-refractivity contribution in [3.63, 3.8) is 0 Å². The third-order valence-corrected chi connectivity index (χ3v) is 5.60. The number of rotatable bonds is 7. The fourth-order valence-electron chi connectivity index (χ4n) is 3.99. The van der Waals surface area contributed by atoms with Gasteiger partial charge in [0.05, 0.1) is 13.0 Å². The number of hydrogen-bond acceptors (Lipinski definition) is 5. The van der Waals surface area contributed by atoms with E-state index in [1.165, 1.54) is 0 Å². The van der Waals surface area contributed by atoms with Crippen molar-refractivity contribution >= 4 is 5.97 Å². The first-order valence-corrected chi connectivity index (χ1v) is 8.36. The van der Waals surface area contributed by atoms with E-state index in [1.54, 1.807) is 7.11 Å². The van der Waals surface area contributed by atoms with Gasteiger partial charge in [-0.3, -0.25) is 4.79 Å². The average molecular weight is 314 g/mol. The van der Waals surface area contributed by atoms with Gasteiger partial charge in [-0.2, -0.15) is 0 Å². The Morgan fingerprint density at radius 1 is 1.18 bits per heavy atom. The highest BCUT2D eigenvalue weighted by Crippen LogP contribution is 2.45. The van der Waals surface area contributed by atoms with E-state index in [4.69, 9.17) is 9.84 Å². The summed E-state index contributed by atoms with van der Waals surface area (Å²) in [5.41, 5.74) is 0.248. The fourth-order valence-corrected chi connectivity index (χ4v) is 3.99. The van der Waals surface area contributed by atoms with Crippen molar-refractivity contribution in [3.05, 3.63) is 0 Å². The van der Waals surface area contributed by atoms with Gasteiger partial charge < -0.3 is 24.7 Å². The first kappa shape index (κ1) is 17.7. The van der Waals surface area contributed by atoms with Crippen LogP contribution in [0, 0.1) is 11.3 Å². The molecule has 0 aromatic heterocycles. The smallest absolute Gasteiger partial charge is 0.304 e. The summed E-state index contributed by atoms with van der Waals surface area (Å²) < 4.78 is 5.15. The molecule has 2 fully saturated rings. The van der Waals surface area contributed by atoms with Gasteiger partial charge in [0.1, 0.15) is 0 Å². The van der Waals surface area contributed by atoms with Crippen LogP contribution in [0.3, 0.4) is 0 Å². The van der Waals surface area contributed by atoms with E-state index in [9.17, 15) is 9.90 Å². The first-order chi connectivity index (χ1) is 10.6. The molecule has 0 amide bonds. The summed E-state index contributed by atoms with van der Waals surface area (Å²) in [7, 11) is 1.74. The van der Waals surface area contributed by atoms with E-state index in [0.717, 1.165) is 58.6 Å². The van der Waals surface area contributed by atoms with E-state index in [-0.39, 0.29) is 24.4 Å². The minimum absolute atomic E-state index is 0.190. The minimum Gasteiger partial charge on any atom is -0.481 e. The predicted molar refractivity (Wildman–Crippen MR) is 83.9 cm³/mol. The van der Waals surface area contributed by atoms with Gasteiger partial charge in [-0.05, 0) is 44.3 Å². The van der Waals surface area contributed by atoms with Crippen molar-refractivity contribution in [2.45, 2.75) is 25.7 Å². The number of methoxy groups -OCH3 is 1. The van der Waals surface area contributed by atoms with E-state index < -0.39 is 5.97 Å². The summed E-state index contributed by atoms with van der Waals surface area (Å²) in [5.74, 6) is -0.466. The molecule has 2 aliphatic heterocycles. The first-order valence-electron chi connectivity index (χ1n) is 8.36. The van der Waals surface area contributed by atoms with E-state index >= 15 is 0 Å². The molecular weight excluding hydrogens is 284 g/mol. The zero-order chi connectivity index (χ0) is 16.0. The lowest BCUT2D eigenvalue weighted by Crippen LogP contribution is -2.54. The fraction of sp³-hybridized carbons (Fsp3) is 0.938. The lowest BCUT2D eigenvalue weighted by Gasteiger charge is -2.51. The second-order valence-corrected chi connectivity index (χ2v) is 6.77. The number of aliphatic carboxylic acids is 1. The highest BCUT2D eigenvalue weighted by Gasteiger charge is 2.44. The van der Waals surface area contributed by atoms with Crippen LogP contribution < -0.4 is 0 Å². The van der Waals surface area contributed by atoms with E-state index in [1.807, 2.05) is 0 Å². The van der Waals surface area contributed by atoms with Crippen molar-refractivity contribution in [1.82, 2.24) is 9.80 Å². The molecule has 2 saturated heterocycles. The van der Waals surface area contributed by atoms with Gasteiger partial charge in [-0.1, -0.05) is 0 Å². The molecule has 0 aliphatic carbocycles. The summed E-state index contributed by atoms with van der Waals surface area (Å²) in [4.78, 5) is 15.4. The maximum absolute atomic E-state index is 10.7. The second kappa shape index (κ2) is 8.24. The highest BCUT2D eigenvalue weighted by atomic mass is 16.5. The molecule has 0 aromatic rings. The van der Waals surface area contributed by atoms with Crippen molar-refractivity contribution < 1.29 is 19.7 Å². The Hall–Kier alpha value is -0.690. The molecule has 22 heavy (non-hydrogen) atoms. The van der Waals surface area contributed by atoms with Gasteiger partial charge in [0, 0.05) is 39.3 Å². The van der Waals surface area contributed by atoms with Gasteiger partial charge in [-0.25, -0.2) is 0 Å². The monoisotopic (exact) mass is 314 g/mol. The van der Waals surface area contributed by atoms with Crippen LogP contribution in [0.4, 0.5) is 0 Å². The molecular formula is C16H30N2O4. The van der Waals surface area contributed by atoms with Crippen LogP contribution in [0.1, 0.15) is 25.7 Å². The van der Waals surface area contributed by atoms with Crippen molar-refractivity contribution in [1.29, 1.82) is 0 Å². The van der Waals surface area contributed by atoms with Gasteiger partial charge in [0.2, 0.25) is 0 Å². The van der Waals surface area contributed by atoms with Crippen LogP contribution in [0.15, 0.2) is 0 Å². The van der Waals surface area contributed by atoms with Crippen LogP contribution >= 0.6 is 0 Å². The largest absolute Gasteiger partial charge is 0.481 e. The molecule has 2 N–H and O–H groups in total. The molecule has 6 nitrogen and oxygen atoms in total. The number of hydrogen-bond donors (Lipinski definition) is 2. The molecule has 2 heterocycles. The predicted octanol–water partition coefficient (Wildman–Crippen LogP) is 0.504. The van der Waals surface area contributed by atoms with Gasteiger partial charge in [0.25, 0.3) is 0 Å². The van der Waals surface area contributed by atoms with Crippen molar-refractivity contribution in [2.24, 2.45) is 11.3 Å². The second-order valence-electron chi connectivity index (χ2n) is 6.77. The van der Waals surface area contributed by atoms with Gasteiger partial charge in [0.15, 0.2) is 0 Å².